The van der Waals surface area contributed by atoms with Gasteiger partial charge in [0, 0.05) is 0 Å². The van der Waals surface area contributed by atoms with E-state index in [2.05, 4.69) is 84.9 Å². The van der Waals surface area contributed by atoms with Crippen LogP contribution in [0.25, 0.3) is 11.1 Å². The van der Waals surface area contributed by atoms with Crippen molar-refractivity contribution in [2.45, 2.75) is 116 Å². The average Bonchev–Trinajstić information content (AvgIpc) is 3.49. The van der Waals surface area contributed by atoms with Gasteiger partial charge in [-0.1, -0.05) is 0 Å². The topological polar surface area (TPSA) is 0 Å². The smallest absolute Gasteiger partial charge is 1.00 e. The van der Waals surface area contributed by atoms with Gasteiger partial charge in [-0.3, -0.25) is 0 Å². The Morgan fingerprint density at radius 1 is 0.789 bits per heavy atom. The molecule has 38 heavy (non-hydrogen) atoms. The van der Waals surface area contributed by atoms with E-state index in [1.165, 1.54) is 80.9 Å². The van der Waals surface area contributed by atoms with Crippen molar-refractivity contribution in [3.8, 4) is 11.1 Å². The van der Waals surface area contributed by atoms with Gasteiger partial charge in [0.2, 0.25) is 0 Å². The van der Waals surface area contributed by atoms with E-state index < -0.39 is 21.3 Å². The zero-order chi connectivity index (χ0) is 25.8. The van der Waals surface area contributed by atoms with Gasteiger partial charge in [0.25, 0.3) is 0 Å². The van der Waals surface area contributed by atoms with Gasteiger partial charge in [0.15, 0.2) is 0 Å². The van der Waals surface area contributed by atoms with Crippen LogP contribution in [0, 0.1) is 27.7 Å². The van der Waals surface area contributed by atoms with Crippen molar-refractivity contribution in [2.24, 2.45) is 0 Å². The van der Waals surface area contributed by atoms with Crippen LogP contribution in [0.5, 0.6) is 0 Å². The molecule has 206 valence electrons. The van der Waals surface area contributed by atoms with Gasteiger partial charge in [0.05, 0.1) is 0 Å². The van der Waals surface area contributed by atoms with Gasteiger partial charge >= 0.3 is 231 Å². The summed E-state index contributed by atoms with van der Waals surface area (Å²) in [5.74, 6) is 0. The molecule has 0 bridgehead atoms. The molecule has 0 nitrogen and oxygen atoms in total. The molecule has 0 fully saturated rings. The number of allylic oxidation sites excluding steroid dienone is 4. The molecule has 0 radical (unpaired) electrons. The molecule has 0 heterocycles. The Morgan fingerprint density at radius 2 is 1.39 bits per heavy atom. The van der Waals surface area contributed by atoms with Crippen LogP contribution in [0.2, 0.25) is 0 Å². The van der Waals surface area contributed by atoms with Crippen LogP contribution in [0.15, 0.2) is 39.7 Å². The third kappa shape index (κ3) is 6.75. The first-order chi connectivity index (χ1) is 17.4. The Labute approximate surface area is 253 Å². The molecule has 2 aliphatic carbocycles. The molecule has 2 aliphatic rings. The van der Waals surface area contributed by atoms with E-state index in [1.54, 1.807) is 33.4 Å². The number of hydrogen-bond acceptors (Lipinski definition) is 0. The van der Waals surface area contributed by atoms with Crippen molar-refractivity contribution in [1.29, 1.82) is 0 Å². The summed E-state index contributed by atoms with van der Waals surface area (Å²) in [6, 6.07) is 7.72. The summed E-state index contributed by atoms with van der Waals surface area (Å²) in [5.41, 5.74) is 14.3. The van der Waals surface area contributed by atoms with Crippen LogP contribution in [0.3, 0.4) is 0 Å². The largest absolute Gasteiger partial charge is 1.00 e. The molecule has 1 unspecified atom stereocenters. The summed E-state index contributed by atoms with van der Waals surface area (Å²) in [4.78, 5) is 0. The summed E-state index contributed by atoms with van der Waals surface area (Å²) in [7, 11) is 0. The minimum absolute atomic E-state index is 0. The number of unbranched alkanes of at least 4 members (excludes halogenated alkanes) is 3. The Hall–Kier alpha value is -0.747. The van der Waals surface area contributed by atoms with E-state index in [4.69, 9.17) is 0 Å². The molecule has 4 rings (SSSR count). The number of halogens is 2. The summed E-state index contributed by atoms with van der Waals surface area (Å²) in [5, 5.41) is 0. The fourth-order valence-corrected chi connectivity index (χ4v) is 16.0. The number of rotatable bonds is 11. The summed E-state index contributed by atoms with van der Waals surface area (Å²) < 4.78 is 4.51. The van der Waals surface area contributed by atoms with E-state index >= 15 is 0 Å². The SMILES string of the molecule is CCCC[C](CCCC)=[Zr+2]([C]1=CC=CC1)[CH]1c2cc(C)c(C)cc2-c2cc(C)c(C)c(CCCC)c21.[Cl-].[Cl-]. The molecule has 2 aromatic carbocycles. The summed E-state index contributed by atoms with van der Waals surface area (Å²) >= 11 is -2.21. The van der Waals surface area contributed by atoms with E-state index in [1.807, 2.05) is 6.49 Å². The van der Waals surface area contributed by atoms with E-state index in [0.29, 0.717) is 3.63 Å². The van der Waals surface area contributed by atoms with Crippen molar-refractivity contribution in [3.63, 3.8) is 0 Å². The molecule has 3 heteroatoms. The molecule has 0 aliphatic heterocycles. The predicted octanol–water partition coefficient (Wildman–Crippen LogP) is 4.36. The monoisotopic (exact) mass is 628 g/mol. The minimum atomic E-state index is -2.21. The second-order valence-corrected chi connectivity index (χ2v) is 18.1. The van der Waals surface area contributed by atoms with E-state index in [0.717, 1.165) is 0 Å². The quantitative estimate of drug-likeness (QED) is 0.347. The Balaban J connectivity index is 0.00000253. The maximum Gasteiger partial charge on any atom is -1.00 e. The zero-order valence-corrected chi connectivity index (χ0v) is 28.8. The molecule has 0 saturated carbocycles. The van der Waals surface area contributed by atoms with Crippen LogP contribution >= 0.6 is 0 Å². The standard InChI is InChI=1S/C21H25.C9H18.C5H5.2ClH.Zr/c1-6-7-8-18-16(5)15(4)11-20-19-10-14(3)13(2)9-17(19)12-21(18)20;1-3-5-7-9-8-6-4-2;1-2-4-5-3-1;;;/h9-12H,6-8H2,1-5H3;3-8H2,1-2H3;1-3H,4H2;2*1H;/q;;;;;+2/p-2. The normalized spacial score (nSPS) is 14.7. The fraction of sp³-hybridized carbons (Fsp3) is 0.514. The second kappa shape index (κ2) is 15.3. The zero-order valence-electron chi connectivity index (χ0n) is 24.9. The van der Waals surface area contributed by atoms with Gasteiger partial charge in [-0.15, -0.1) is 0 Å². The van der Waals surface area contributed by atoms with Gasteiger partial charge in [0.1, 0.15) is 0 Å². The van der Waals surface area contributed by atoms with E-state index in [-0.39, 0.29) is 24.8 Å². The van der Waals surface area contributed by atoms with Crippen molar-refractivity contribution in [1.82, 2.24) is 0 Å². The van der Waals surface area contributed by atoms with Gasteiger partial charge in [-0.25, -0.2) is 0 Å². The fourth-order valence-electron chi connectivity index (χ4n) is 6.44. The van der Waals surface area contributed by atoms with Crippen LogP contribution < -0.4 is 24.8 Å². The summed E-state index contributed by atoms with van der Waals surface area (Å²) in [6.07, 6.45) is 20.4. The second-order valence-electron chi connectivity index (χ2n) is 11.4. The average molecular weight is 631 g/mol. The van der Waals surface area contributed by atoms with Crippen molar-refractivity contribution >= 4 is 3.21 Å². The predicted molar refractivity (Wildman–Crippen MR) is 157 cm³/mol. The van der Waals surface area contributed by atoms with Crippen LogP contribution in [-0.2, 0) is 27.7 Å². The molecular formula is C35H48Cl2Zr. The first-order valence-electron chi connectivity index (χ1n) is 14.7. The Morgan fingerprint density at radius 3 is 1.97 bits per heavy atom. The first-order valence-corrected chi connectivity index (χ1v) is 18.6. The first kappa shape index (κ1) is 33.5. The molecular weight excluding hydrogens is 583 g/mol. The van der Waals surface area contributed by atoms with Gasteiger partial charge in [-0.2, -0.15) is 0 Å². The van der Waals surface area contributed by atoms with Gasteiger partial charge in [-0.05, 0) is 0 Å². The maximum absolute atomic E-state index is 2.62. The van der Waals surface area contributed by atoms with Gasteiger partial charge < -0.3 is 24.8 Å². The van der Waals surface area contributed by atoms with Crippen LogP contribution in [-0.4, -0.2) is 3.21 Å². The Bertz CT molecular complexity index is 1210. The molecule has 0 saturated heterocycles. The van der Waals surface area contributed by atoms with Crippen molar-refractivity contribution in [2.75, 3.05) is 0 Å². The van der Waals surface area contributed by atoms with Crippen LogP contribution in [0.4, 0.5) is 0 Å². The third-order valence-corrected chi connectivity index (χ3v) is 17.4. The van der Waals surface area contributed by atoms with Crippen molar-refractivity contribution in [3.05, 3.63) is 78.7 Å². The molecule has 0 aromatic heterocycles. The van der Waals surface area contributed by atoms with E-state index in [9.17, 15) is 0 Å². The number of hydrogen-bond donors (Lipinski definition) is 0. The maximum atomic E-state index is 2.62. The number of aryl methyl sites for hydroxylation is 3. The minimum Gasteiger partial charge on any atom is -1.00 e. The third-order valence-electron chi connectivity index (χ3n) is 8.81. The number of benzene rings is 2. The molecule has 2 aromatic rings. The molecule has 1 atom stereocenters. The number of fused-ring (bicyclic) bond motifs is 3. The van der Waals surface area contributed by atoms with Crippen molar-refractivity contribution < 1.29 is 46.1 Å². The summed E-state index contributed by atoms with van der Waals surface area (Å²) in [6.45, 7) is 16.5. The molecule has 0 N–H and O–H groups in total. The molecule has 0 amide bonds. The Kier molecular flexibility index (Phi) is 13.5. The molecule has 0 spiro atoms. The van der Waals surface area contributed by atoms with Crippen LogP contribution in [0.1, 0.15) is 121 Å².